The predicted octanol–water partition coefficient (Wildman–Crippen LogP) is 2.36. The van der Waals surface area contributed by atoms with Gasteiger partial charge in [0.2, 0.25) is 5.76 Å². The quantitative estimate of drug-likeness (QED) is 0.783. The summed E-state index contributed by atoms with van der Waals surface area (Å²) in [7, 11) is 0. The van der Waals surface area contributed by atoms with E-state index in [-0.39, 0.29) is 12.0 Å². The van der Waals surface area contributed by atoms with Crippen molar-refractivity contribution in [1.29, 1.82) is 5.26 Å². The van der Waals surface area contributed by atoms with Crippen molar-refractivity contribution in [2.24, 2.45) is 0 Å². The number of ether oxygens (including phenoxy) is 1. The van der Waals surface area contributed by atoms with E-state index in [9.17, 15) is 4.79 Å². The number of rotatable bonds is 5. The van der Waals surface area contributed by atoms with Gasteiger partial charge in [0.1, 0.15) is 11.8 Å². The Hall–Kier alpha value is -2.59. The van der Waals surface area contributed by atoms with Crippen molar-refractivity contribution in [2.75, 3.05) is 19.7 Å². The lowest BCUT2D eigenvalue weighted by Gasteiger charge is -2.32. The summed E-state index contributed by atoms with van der Waals surface area (Å²) in [4.78, 5) is 14.0. The SMILES string of the molecule is CCOC(=O)c1cnn(C2CCCN(Cc3ccc(C#N)o3)C2)c1. The Labute approximate surface area is 140 Å². The number of carbonyl (C=O) groups is 1. The van der Waals surface area contributed by atoms with Gasteiger partial charge in [-0.05, 0) is 38.4 Å². The Kier molecular flexibility index (Phi) is 4.96. The van der Waals surface area contributed by atoms with Crippen LogP contribution in [0.4, 0.5) is 0 Å². The maximum atomic E-state index is 11.8. The number of piperidine rings is 1. The molecule has 0 N–H and O–H groups in total. The molecule has 126 valence electrons. The predicted molar refractivity (Wildman–Crippen MR) is 85.2 cm³/mol. The molecule has 7 heteroatoms. The van der Waals surface area contributed by atoms with Gasteiger partial charge in [0, 0.05) is 12.7 Å². The van der Waals surface area contributed by atoms with Crippen LogP contribution in [0.1, 0.15) is 47.7 Å². The summed E-state index contributed by atoms with van der Waals surface area (Å²) in [6.07, 6.45) is 5.38. The fourth-order valence-electron chi connectivity index (χ4n) is 2.99. The van der Waals surface area contributed by atoms with Gasteiger partial charge in [-0.25, -0.2) is 4.79 Å². The highest BCUT2D eigenvalue weighted by Crippen LogP contribution is 2.23. The largest absolute Gasteiger partial charge is 0.462 e. The fourth-order valence-corrected chi connectivity index (χ4v) is 2.99. The Morgan fingerprint density at radius 1 is 1.54 bits per heavy atom. The van der Waals surface area contributed by atoms with Crippen molar-refractivity contribution in [1.82, 2.24) is 14.7 Å². The van der Waals surface area contributed by atoms with Crippen LogP contribution < -0.4 is 0 Å². The molecule has 0 saturated carbocycles. The molecule has 0 radical (unpaired) electrons. The molecule has 2 aromatic rings. The number of hydrogen-bond donors (Lipinski definition) is 0. The number of carbonyl (C=O) groups excluding carboxylic acids is 1. The molecule has 0 bridgehead atoms. The second-order valence-corrected chi connectivity index (χ2v) is 5.84. The molecule has 7 nitrogen and oxygen atoms in total. The summed E-state index contributed by atoms with van der Waals surface area (Å²) in [6.45, 7) is 4.62. The first-order valence-corrected chi connectivity index (χ1v) is 8.12. The number of aromatic nitrogens is 2. The smallest absolute Gasteiger partial charge is 0.341 e. The lowest BCUT2D eigenvalue weighted by molar-refractivity contribution is 0.0526. The second kappa shape index (κ2) is 7.32. The molecule has 0 aliphatic carbocycles. The van der Waals surface area contributed by atoms with Crippen molar-refractivity contribution in [3.8, 4) is 6.07 Å². The summed E-state index contributed by atoms with van der Waals surface area (Å²) >= 11 is 0. The second-order valence-electron chi connectivity index (χ2n) is 5.84. The third-order valence-electron chi connectivity index (χ3n) is 4.12. The van der Waals surface area contributed by atoms with Crippen LogP contribution >= 0.6 is 0 Å². The van der Waals surface area contributed by atoms with E-state index in [1.807, 2.05) is 16.8 Å². The zero-order valence-corrected chi connectivity index (χ0v) is 13.6. The summed E-state index contributed by atoms with van der Waals surface area (Å²) in [5, 5.41) is 13.2. The lowest BCUT2D eigenvalue weighted by atomic mass is 10.1. The average molecular weight is 328 g/mol. The van der Waals surface area contributed by atoms with E-state index in [1.54, 1.807) is 25.4 Å². The van der Waals surface area contributed by atoms with Gasteiger partial charge in [0.25, 0.3) is 0 Å². The molecular formula is C17H20N4O3. The van der Waals surface area contributed by atoms with Crippen LogP contribution in [-0.4, -0.2) is 40.3 Å². The number of esters is 1. The number of nitrogens with zero attached hydrogens (tertiary/aromatic N) is 4. The van der Waals surface area contributed by atoms with Crippen LogP contribution in [0, 0.1) is 11.3 Å². The molecule has 2 aromatic heterocycles. The van der Waals surface area contributed by atoms with E-state index in [2.05, 4.69) is 10.00 Å². The monoisotopic (exact) mass is 328 g/mol. The van der Waals surface area contributed by atoms with Crippen molar-refractivity contribution >= 4 is 5.97 Å². The average Bonchev–Trinajstić information content (AvgIpc) is 3.24. The number of nitriles is 1. The standard InChI is InChI=1S/C17H20N4O3/c1-2-23-17(22)13-9-19-21(10-13)14-4-3-7-20(11-14)12-16-6-5-15(8-18)24-16/h5-6,9-10,14H,2-4,7,11-12H2,1H3. The summed E-state index contributed by atoms with van der Waals surface area (Å²) in [6, 6.07) is 5.75. The van der Waals surface area contributed by atoms with Gasteiger partial charge < -0.3 is 9.15 Å². The maximum Gasteiger partial charge on any atom is 0.341 e. The first-order chi connectivity index (χ1) is 11.7. The van der Waals surface area contributed by atoms with E-state index in [0.717, 1.165) is 31.7 Å². The highest BCUT2D eigenvalue weighted by molar-refractivity contribution is 5.88. The van der Waals surface area contributed by atoms with Gasteiger partial charge in [0.15, 0.2) is 0 Å². The minimum absolute atomic E-state index is 0.215. The molecule has 1 aliphatic rings. The van der Waals surface area contributed by atoms with Crippen LogP contribution in [0.5, 0.6) is 0 Å². The van der Waals surface area contributed by atoms with E-state index >= 15 is 0 Å². The maximum absolute atomic E-state index is 11.8. The molecular weight excluding hydrogens is 308 g/mol. The Bertz CT molecular complexity index is 743. The van der Waals surface area contributed by atoms with Gasteiger partial charge >= 0.3 is 5.97 Å². The van der Waals surface area contributed by atoms with Crippen LogP contribution in [0.2, 0.25) is 0 Å². The van der Waals surface area contributed by atoms with Gasteiger partial charge in [-0.15, -0.1) is 0 Å². The third kappa shape index (κ3) is 3.66. The normalized spacial score (nSPS) is 18.2. The van der Waals surface area contributed by atoms with Gasteiger partial charge in [-0.3, -0.25) is 9.58 Å². The van der Waals surface area contributed by atoms with E-state index in [1.165, 1.54) is 0 Å². The Morgan fingerprint density at radius 3 is 3.17 bits per heavy atom. The Balaban J connectivity index is 1.63. The molecule has 0 amide bonds. The highest BCUT2D eigenvalue weighted by Gasteiger charge is 2.23. The van der Waals surface area contributed by atoms with E-state index in [0.29, 0.717) is 24.5 Å². The number of furan rings is 1. The van der Waals surface area contributed by atoms with Gasteiger partial charge in [-0.2, -0.15) is 10.4 Å². The fraction of sp³-hybridized carbons (Fsp3) is 0.471. The summed E-state index contributed by atoms with van der Waals surface area (Å²) < 4.78 is 12.3. The first kappa shape index (κ1) is 16.3. The Morgan fingerprint density at radius 2 is 2.42 bits per heavy atom. The highest BCUT2D eigenvalue weighted by atomic mass is 16.5. The number of likely N-dealkylation sites (tertiary alicyclic amines) is 1. The molecule has 1 aliphatic heterocycles. The molecule has 24 heavy (non-hydrogen) atoms. The van der Waals surface area contributed by atoms with E-state index in [4.69, 9.17) is 14.4 Å². The van der Waals surface area contributed by atoms with Crippen LogP contribution in [0.3, 0.4) is 0 Å². The van der Waals surface area contributed by atoms with Gasteiger partial charge in [-0.1, -0.05) is 0 Å². The molecule has 1 unspecified atom stereocenters. The minimum Gasteiger partial charge on any atom is -0.462 e. The van der Waals surface area contributed by atoms with Crippen molar-refractivity contribution in [3.05, 3.63) is 41.6 Å². The number of hydrogen-bond acceptors (Lipinski definition) is 6. The van der Waals surface area contributed by atoms with Crippen LogP contribution in [-0.2, 0) is 11.3 Å². The molecule has 3 heterocycles. The lowest BCUT2D eigenvalue weighted by Crippen LogP contribution is -2.36. The topological polar surface area (TPSA) is 84.3 Å². The minimum atomic E-state index is -0.337. The molecule has 0 aromatic carbocycles. The van der Waals surface area contributed by atoms with Crippen molar-refractivity contribution in [3.63, 3.8) is 0 Å². The van der Waals surface area contributed by atoms with Crippen molar-refractivity contribution < 1.29 is 13.9 Å². The molecule has 1 saturated heterocycles. The molecule has 3 rings (SSSR count). The summed E-state index contributed by atoms with van der Waals surface area (Å²) in [5.41, 5.74) is 0.485. The zero-order chi connectivity index (χ0) is 16.9. The third-order valence-corrected chi connectivity index (χ3v) is 4.12. The van der Waals surface area contributed by atoms with Crippen molar-refractivity contribution in [2.45, 2.75) is 32.4 Å². The molecule has 1 fully saturated rings. The van der Waals surface area contributed by atoms with Crippen LogP contribution in [0.25, 0.3) is 0 Å². The van der Waals surface area contributed by atoms with Gasteiger partial charge in [0.05, 0.1) is 31.0 Å². The molecule has 1 atom stereocenters. The zero-order valence-electron chi connectivity index (χ0n) is 13.6. The first-order valence-electron chi connectivity index (χ1n) is 8.12. The molecule has 0 spiro atoms. The van der Waals surface area contributed by atoms with E-state index < -0.39 is 0 Å². The van der Waals surface area contributed by atoms with Crippen LogP contribution in [0.15, 0.2) is 28.9 Å². The summed E-state index contributed by atoms with van der Waals surface area (Å²) in [5.74, 6) is 0.792.